The second-order valence-corrected chi connectivity index (χ2v) is 4.20. The fourth-order valence-electron chi connectivity index (χ4n) is 1.42. The van der Waals surface area contributed by atoms with Crippen LogP contribution in [0.5, 0.6) is 0 Å². The van der Waals surface area contributed by atoms with Crippen LogP contribution in [0.4, 0.5) is 0 Å². The van der Waals surface area contributed by atoms with Gasteiger partial charge in [-0.3, -0.25) is 0 Å². The predicted octanol–water partition coefficient (Wildman–Crippen LogP) is 1.55. The Morgan fingerprint density at radius 1 is 1.36 bits per heavy atom. The average molecular weight is 157 g/mol. The fraction of sp³-hybridized carbons (Fsp3) is 1.00. The third kappa shape index (κ3) is 3.73. The maximum absolute atomic E-state index is 5.82. The Labute approximate surface area is 69.3 Å². The van der Waals surface area contributed by atoms with Crippen LogP contribution in [0.3, 0.4) is 0 Å². The summed E-state index contributed by atoms with van der Waals surface area (Å²) < 4.78 is 5.82. The zero-order valence-electron chi connectivity index (χ0n) is 7.81. The van der Waals surface area contributed by atoms with Gasteiger partial charge < -0.3 is 10.1 Å². The number of hydrogen-bond donors (Lipinski definition) is 1. The number of ether oxygens (including phenoxy) is 1. The third-order valence-corrected chi connectivity index (χ3v) is 1.77. The molecule has 1 atom stereocenters. The molecule has 2 heteroatoms. The molecule has 1 aliphatic heterocycles. The molecule has 1 aliphatic rings. The van der Waals surface area contributed by atoms with Crippen molar-refractivity contribution in [2.24, 2.45) is 0 Å². The van der Waals surface area contributed by atoms with E-state index >= 15 is 0 Å². The first kappa shape index (κ1) is 9.01. The molecule has 1 N–H and O–H groups in total. The lowest BCUT2D eigenvalue weighted by atomic mass is 10.1. The molecule has 11 heavy (non-hydrogen) atoms. The summed E-state index contributed by atoms with van der Waals surface area (Å²) in [5, 5.41) is 3.33. The van der Waals surface area contributed by atoms with Gasteiger partial charge in [-0.15, -0.1) is 0 Å². The van der Waals surface area contributed by atoms with Crippen LogP contribution in [-0.4, -0.2) is 24.8 Å². The normalized spacial score (nSPS) is 27.0. The van der Waals surface area contributed by atoms with E-state index in [2.05, 4.69) is 26.1 Å². The summed E-state index contributed by atoms with van der Waals surface area (Å²) in [4.78, 5) is 0. The van der Waals surface area contributed by atoms with Gasteiger partial charge in [0.15, 0.2) is 0 Å². The van der Waals surface area contributed by atoms with E-state index in [-0.39, 0.29) is 5.60 Å². The van der Waals surface area contributed by atoms with Crippen LogP contribution in [0.2, 0.25) is 0 Å². The van der Waals surface area contributed by atoms with Gasteiger partial charge in [-0.2, -0.15) is 0 Å². The predicted molar refractivity (Wildman–Crippen MR) is 46.7 cm³/mol. The van der Waals surface area contributed by atoms with Crippen LogP contribution in [0.1, 0.15) is 33.6 Å². The van der Waals surface area contributed by atoms with Crippen LogP contribution >= 0.6 is 0 Å². The van der Waals surface area contributed by atoms with Crippen LogP contribution in [0.25, 0.3) is 0 Å². The molecule has 0 amide bonds. The highest BCUT2D eigenvalue weighted by molar-refractivity contribution is 4.72. The van der Waals surface area contributed by atoms with Crippen LogP contribution in [-0.2, 0) is 4.74 Å². The zero-order valence-corrected chi connectivity index (χ0v) is 7.81. The van der Waals surface area contributed by atoms with Crippen LogP contribution < -0.4 is 5.32 Å². The molecule has 0 spiro atoms. The van der Waals surface area contributed by atoms with Crippen molar-refractivity contribution < 1.29 is 4.74 Å². The molecule has 0 radical (unpaired) electrons. The highest BCUT2D eigenvalue weighted by Crippen LogP contribution is 2.15. The maximum Gasteiger partial charge on any atom is 0.0707 e. The van der Waals surface area contributed by atoms with Gasteiger partial charge in [0.05, 0.1) is 11.7 Å². The lowest BCUT2D eigenvalue weighted by Gasteiger charge is -2.30. The van der Waals surface area contributed by atoms with E-state index in [0.717, 1.165) is 13.1 Å². The Bertz CT molecular complexity index is 111. The molecule has 0 aromatic carbocycles. The minimum Gasteiger partial charge on any atom is -0.371 e. The molecule has 0 unspecified atom stereocenters. The first-order chi connectivity index (χ1) is 5.08. The molecule has 0 aromatic heterocycles. The van der Waals surface area contributed by atoms with Gasteiger partial charge in [0.25, 0.3) is 0 Å². The summed E-state index contributed by atoms with van der Waals surface area (Å²) in [7, 11) is 0. The monoisotopic (exact) mass is 157 g/mol. The van der Waals surface area contributed by atoms with Gasteiger partial charge in [0, 0.05) is 6.54 Å². The van der Waals surface area contributed by atoms with E-state index in [1.54, 1.807) is 0 Å². The van der Waals surface area contributed by atoms with E-state index in [4.69, 9.17) is 4.74 Å². The smallest absolute Gasteiger partial charge is 0.0707 e. The van der Waals surface area contributed by atoms with Gasteiger partial charge in [-0.1, -0.05) is 0 Å². The standard InChI is InChI=1S/C9H19NO/c1-9(2,3)11-8-5-4-6-10-7-8/h8,10H,4-7H2,1-3H3/t8-/m0/s1. The highest BCUT2D eigenvalue weighted by atomic mass is 16.5. The van der Waals surface area contributed by atoms with Gasteiger partial charge in [-0.25, -0.2) is 0 Å². The van der Waals surface area contributed by atoms with E-state index < -0.39 is 0 Å². The number of rotatable bonds is 1. The Kier molecular flexibility index (Phi) is 2.90. The van der Waals surface area contributed by atoms with Crippen molar-refractivity contribution >= 4 is 0 Å². The number of piperidine rings is 1. The summed E-state index contributed by atoms with van der Waals surface area (Å²) in [6.45, 7) is 8.52. The lowest BCUT2D eigenvalue weighted by molar-refractivity contribution is -0.0673. The van der Waals surface area contributed by atoms with Gasteiger partial charge in [0.1, 0.15) is 0 Å². The van der Waals surface area contributed by atoms with Crippen molar-refractivity contribution in [3.8, 4) is 0 Å². The van der Waals surface area contributed by atoms with Gasteiger partial charge in [-0.05, 0) is 40.2 Å². The van der Waals surface area contributed by atoms with Gasteiger partial charge >= 0.3 is 0 Å². The molecule has 0 saturated carbocycles. The van der Waals surface area contributed by atoms with E-state index in [1.807, 2.05) is 0 Å². The highest BCUT2D eigenvalue weighted by Gasteiger charge is 2.20. The molecular formula is C9H19NO. The largest absolute Gasteiger partial charge is 0.371 e. The molecule has 0 aliphatic carbocycles. The Balaban J connectivity index is 2.24. The van der Waals surface area contributed by atoms with Crippen molar-refractivity contribution in [1.82, 2.24) is 5.32 Å². The summed E-state index contributed by atoms with van der Waals surface area (Å²) >= 11 is 0. The topological polar surface area (TPSA) is 21.3 Å². The number of hydrogen-bond acceptors (Lipinski definition) is 2. The molecule has 1 saturated heterocycles. The molecule has 66 valence electrons. The first-order valence-electron chi connectivity index (χ1n) is 4.46. The minimum atomic E-state index is 0.0175. The summed E-state index contributed by atoms with van der Waals surface area (Å²) in [6, 6.07) is 0. The van der Waals surface area contributed by atoms with Crippen molar-refractivity contribution in [3.05, 3.63) is 0 Å². The second-order valence-electron chi connectivity index (χ2n) is 4.20. The molecule has 1 fully saturated rings. The quantitative estimate of drug-likeness (QED) is 0.623. The maximum atomic E-state index is 5.82. The van der Waals surface area contributed by atoms with Crippen molar-refractivity contribution in [2.75, 3.05) is 13.1 Å². The molecule has 1 heterocycles. The SMILES string of the molecule is CC(C)(C)O[C@H]1CCCNC1. The Morgan fingerprint density at radius 2 is 2.09 bits per heavy atom. The molecule has 0 aromatic rings. The summed E-state index contributed by atoms with van der Waals surface area (Å²) in [6.07, 6.45) is 2.90. The lowest BCUT2D eigenvalue weighted by Crippen LogP contribution is -2.39. The van der Waals surface area contributed by atoms with E-state index in [0.29, 0.717) is 6.10 Å². The van der Waals surface area contributed by atoms with Crippen molar-refractivity contribution in [1.29, 1.82) is 0 Å². The first-order valence-corrected chi connectivity index (χ1v) is 4.46. The molecule has 2 nitrogen and oxygen atoms in total. The Morgan fingerprint density at radius 3 is 2.55 bits per heavy atom. The Hall–Kier alpha value is -0.0800. The zero-order chi connectivity index (χ0) is 8.32. The van der Waals surface area contributed by atoms with E-state index in [1.165, 1.54) is 12.8 Å². The molecule has 1 rings (SSSR count). The number of nitrogens with one attached hydrogen (secondary N) is 1. The van der Waals surface area contributed by atoms with Gasteiger partial charge in [0.2, 0.25) is 0 Å². The molecular weight excluding hydrogens is 138 g/mol. The fourth-order valence-corrected chi connectivity index (χ4v) is 1.42. The average Bonchev–Trinajstić information content (AvgIpc) is 1.85. The summed E-state index contributed by atoms with van der Waals surface area (Å²) in [5.41, 5.74) is 0.0175. The van der Waals surface area contributed by atoms with Crippen molar-refractivity contribution in [2.45, 2.75) is 45.3 Å². The minimum absolute atomic E-state index is 0.0175. The van der Waals surface area contributed by atoms with Crippen LogP contribution in [0.15, 0.2) is 0 Å². The summed E-state index contributed by atoms with van der Waals surface area (Å²) in [5.74, 6) is 0. The van der Waals surface area contributed by atoms with Crippen molar-refractivity contribution in [3.63, 3.8) is 0 Å². The third-order valence-electron chi connectivity index (χ3n) is 1.77. The second kappa shape index (κ2) is 3.55. The van der Waals surface area contributed by atoms with Crippen LogP contribution in [0, 0.1) is 0 Å². The van der Waals surface area contributed by atoms with E-state index in [9.17, 15) is 0 Å². The molecule has 0 bridgehead atoms.